The number of Topliss-reactive ketones (excluding diaryl/α,β-unsaturated/α-hetero) is 1. The van der Waals surface area contributed by atoms with E-state index in [0.29, 0.717) is 17.0 Å². The van der Waals surface area contributed by atoms with Gasteiger partial charge in [-0.15, -0.1) is 0 Å². The molecule has 0 aliphatic carbocycles. The quantitative estimate of drug-likeness (QED) is 0.137. The number of carbonyl (C=O) groups excluding carboxylic acids is 3. The van der Waals surface area contributed by atoms with Gasteiger partial charge in [0, 0.05) is 17.6 Å². The molecule has 1 saturated heterocycles. The van der Waals surface area contributed by atoms with E-state index in [4.69, 9.17) is 32.7 Å². The van der Waals surface area contributed by atoms with E-state index in [0.717, 1.165) is 11.1 Å². The Labute approximate surface area is 223 Å². The van der Waals surface area contributed by atoms with Crippen LogP contribution in [0.15, 0.2) is 60.2 Å². The SMILES string of the molecule is COc1c(Cl)cc(Cl)cc1/C(O)=C1\C(=O)C(=O)N(c2ccc(C)c(C)c2)C1c1ccc(OC(C)=O)cc1. The van der Waals surface area contributed by atoms with E-state index in [1.54, 1.807) is 36.4 Å². The molecule has 190 valence electrons. The number of halogens is 2. The number of hydrogen-bond donors (Lipinski definition) is 1. The van der Waals surface area contributed by atoms with Crippen LogP contribution in [0.3, 0.4) is 0 Å². The third-order valence-electron chi connectivity index (χ3n) is 6.14. The Morgan fingerprint density at radius 2 is 1.65 bits per heavy atom. The second kappa shape index (κ2) is 10.3. The number of hydrogen-bond acceptors (Lipinski definition) is 6. The van der Waals surface area contributed by atoms with Crippen molar-refractivity contribution in [3.05, 3.63) is 92.5 Å². The van der Waals surface area contributed by atoms with Crippen molar-refractivity contribution in [1.82, 2.24) is 0 Å². The van der Waals surface area contributed by atoms with Gasteiger partial charge < -0.3 is 14.6 Å². The van der Waals surface area contributed by atoms with E-state index < -0.39 is 29.5 Å². The Kier molecular flexibility index (Phi) is 7.30. The van der Waals surface area contributed by atoms with Crippen molar-refractivity contribution >= 4 is 52.3 Å². The number of aryl methyl sites for hydroxylation is 2. The van der Waals surface area contributed by atoms with Crippen molar-refractivity contribution in [2.45, 2.75) is 26.8 Å². The fourth-order valence-electron chi connectivity index (χ4n) is 4.26. The summed E-state index contributed by atoms with van der Waals surface area (Å²) < 4.78 is 10.5. The van der Waals surface area contributed by atoms with Gasteiger partial charge in [0.05, 0.1) is 29.3 Å². The molecule has 0 spiro atoms. The van der Waals surface area contributed by atoms with Crippen LogP contribution >= 0.6 is 23.2 Å². The number of aliphatic hydroxyl groups excluding tert-OH is 1. The zero-order valence-electron chi connectivity index (χ0n) is 20.5. The first-order chi connectivity index (χ1) is 17.5. The second-order valence-corrected chi connectivity index (χ2v) is 9.41. The van der Waals surface area contributed by atoms with Gasteiger partial charge in [0.25, 0.3) is 11.7 Å². The summed E-state index contributed by atoms with van der Waals surface area (Å²) in [6.07, 6.45) is 0. The van der Waals surface area contributed by atoms with E-state index in [2.05, 4.69) is 0 Å². The summed E-state index contributed by atoms with van der Waals surface area (Å²) in [7, 11) is 1.37. The number of ketones is 1. The number of carbonyl (C=O) groups is 3. The molecule has 9 heteroatoms. The van der Waals surface area contributed by atoms with E-state index in [-0.39, 0.29) is 26.9 Å². The molecule has 3 aromatic carbocycles. The number of methoxy groups -OCH3 is 1. The van der Waals surface area contributed by atoms with Crippen LogP contribution in [0.2, 0.25) is 10.0 Å². The minimum Gasteiger partial charge on any atom is -0.507 e. The smallest absolute Gasteiger partial charge is 0.308 e. The molecule has 37 heavy (non-hydrogen) atoms. The molecule has 1 atom stereocenters. The maximum absolute atomic E-state index is 13.4. The van der Waals surface area contributed by atoms with Crippen molar-refractivity contribution in [1.29, 1.82) is 0 Å². The van der Waals surface area contributed by atoms with Crippen molar-refractivity contribution < 1.29 is 29.0 Å². The maximum atomic E-state index is 13.4. The van der Waals surface area contributed by atoms with Gasteiger partial charge in [0.2, 0.25) is 0 Å². The molecule has 0 aromatic heterocycles. The average molecular weight is 540 g/mol. The Balaban J connectivity index is 1.98. The first-order valence-corrected chi connectivity index (χ1v) is 12.0. The number of ether oxygens (including phenoxy) is 2. The van der Waals surface area contributed by atoms with Crippen LogP contribution < -0.4 is 14.4 Å². The van der Waals surface area contributed by atoms with Crippen LogP contribution in [0.4, 0.5) is 5.69 Å². The van der Waals surface area contributed by atoms with E-state index in [9.17, 15) is 19.5 Å². The predicted molar refractivity (Wildman–Crippen MR) is 141 cm³/mol. The molecule has 3 aromatic rings. The standard InChI is InChI=1S/C28H23Cl2NO6/c1-14-5-8-19(11-15(14)2)31-24(17-6-9-20(10-7-17)37-16(3)32)23(26(34)28(31)35)25(33)21-12-18(29)13-22(30)27(21)36-4/h5-13,24,33H,1-4H3/b25-23+. The zero-order valence-corrected chi connectivity index (χ0v) is 22.0. The van der Waals surface area contributed by atoms with Gasteiger partial charge in [-0.2, -0.15) is 0 Å². The van der Waals surface area contributed by atoms with Gasteiger partial charge >= 0.3 is 5.97 Å². The number of nitrogens with zero attached hydrogens (tertiary/aromatic N) is 1. The summed E-state index contributed by atoms with van der Waals surface area (Å²) in [6.45, 7) is 5.12. The molecule has 4 rings (SSSR count). The lowest BCUT2D eigenvalue weighted by Gasteiger charge is -2.26. The first-order valence-electron chi connectivity index (χ1n) is 11.2. The predicted octanol–water partition coefficient (Wildman–Crippen LogP) is 6.17. The van der Waals surface area contributed by atoms with Gasteiger partial charge in [0.15, 0.2) is 0 Å². The molecule has 0 bridgehead atoms. The molecule has 0 radical (unpaired) electrons. The summed E-state index contributed by atoms with van der Waals surface area (Å²) in [5.41, 5.74) is 2.82. The topological polar surface area (TPSA) is 93.1 Å². The zero-order chi connectivity index (χ0) is 27.0. The Hall–Kier alpha value is -3.81. The average Bonchev–Trinajstić information content (AvgIpc) is 3.10. The van der Waals surface area contributed by atoms with E-state index in [1.165, 1.54) is 31.1 Å². The highest BCUT2D eigenvalue weighted by atomic mass is 35.5. The fourth-order valence-corrected chi connectivity index (χ4v) is 4.83. The molecule has 7 nitrogen and oxygen atoms in total. The molecule has 1 heterocycles. The molecular weight excluding hydrogens is 517 g/mol. The lowest BCUT2D eigenvalue weighted by atomic mass is 9.94. The summed E-state index contributed by atoms with van der Waals surface area (Å²) in [6, 6.07) is 13.6. The number of amides is 1. The maximum Gasteiger partial charge on any atom is 0.308 e. The molecule has 0 saturated carbocycles. The number of aliphatic hydroxyl groups is 1. The Morgan fingerprint density at radius 3 is 2.24 bits per heavy atom. The molecule has 1 amide bonds. The highest BCUT2D eigenvalue weighted by Crippen LogP contribution is 2.45. The summed E-state index contributed by atoms with van der Waals surface area (Å²) in [4.78, 5) is 39.5. The van der Waals surface area contributed by atoms with E-state index >= 15 is 0 Å². The third kappa shape index (κ3) is 4.92. The molecule has 1 fully saturated rings. The van der Waals surface area contributed by atoms with Crippen LogP contribution in [-0.2, 0) is 14.4 Å². The largest absolute Gasteiger partial charge is 0.507 e. The van der Waals surface area contributed by atoms with Crippen LogP contribution in [0.1, 0.15) is 35.2 Å². The molecule has 1 unspecified atom stereocenters. The Bertz CT molecular complexity index is 1460. The molecule has 1 aliphatic heterocycles. The summed E-state index contributed by atoms with van der Waals surface area (Å²) in [5, 5.41) is 11.8. The highest BCUT2D eigenvalue weighted by Gasteiger charge is 2.47. The number of esters is 1. The van der Waals surface area contributed by atoms with Gasteiger partial charge in [0.1, 0.15) is 17.3 Å². The lowest BCUT2D eigenvalue weighted by molar-refractivity contribution is -0.132. The highest BCUT2D eigenvalue weighted by molar-refractivity contribution is 6.52. The molecular formula is C28H23Cl2NO6. The summed E-state index contributed by atoms with van der Waals surface area (Å²) in [5.74, 6) is -2.28. The van der Waals surface area contributed by atoms with Gasteiger partial charge in [-0.25, -0.2) is 0 Å². The van der Waals surface area contributed by atoms with Crippen LogP contribution in [0.5, 0.6) is 11.5 Å². The molecule has 1 aliphatic rings. The van der Waals surface area contributed by atoms with Gasteiger partial charge in [-0.1, -0.05) is 41.4 Å². The first kappa shape index (κ1) is 26.3. The van der Waals surface area contributed by atoms with Gasteiger partial charge in [-0.3, -0.25) is 19.3 Å². The third-order valence-corrected chi connectivity index (χ3v) is 6.64. The monoisotopic (exact) mass is 539 g/mol. The fraction of sp³-hybridized carbons (Fsp3) is 0.179. The minimum atomic E-state index is -1.00. The number of rotatable bonds is 5. The van der Waals surface area contributed by atoms with Crippen LogP contribution in [0, 0.1) is 13.8 Å². The lowest BCUT2D eigenvalue weighted by Crippen LogP contribution is -2.29. The number of benzene rings is 3. The van der Waals surface area contributed by atoms with Crippen molar-refractivity contribution in [2.75, 3.05) is 12.0 Å². The van der Waals surface area contributed by atoms with Crippen LogP contribution in [0.25, 0.3) is 5.76 Å². The van der Waals surface area contributed by atoms with Crippen LogP contribution in [-0.4, -0.2) is 29.9 Å². The second-order valence-electron chi connectivity index (χ2n) is 8.57. The summed E-state index contributed by atoms with van der Waals surface area (Å²) >= 11 is 12.5. The number of anilines is 1. The van der Waals surface area contributed by atoms with E-state index in [1.807, 2.05) is 19.9 Å². The minimum absolute atomic E-state index is 0.0691. The van der Waals surface area contributed by atoms with Crippen molar-refractivity contribution in [3.8, 4) is 11.5 Å². The molecule has 1 N–H and O–H groups in total. The normalized spacial score (nSPS) is 16.7. The Morgan fingerprint density at radius 1 is 0.973 bits per heavy atom. The van der Waals surface area contributed by atoms with Crippen molar-refractivity contribution in [2.24, 2.45) is 0 Å². The van der Waals surface area contributed by atoms with Crippen molar-refractivity contribution in [3.63, 3.8) is 0 Å². The van der Waals surface area contributed by atoms with Gasteiger partial charge in [-0.05, 0) is 66.9 Å².